The fourth-order valence-electron chi connectivity index (χ4n) is 2.62. The van der Waals surface area contributed by atoms with Gasteiger partial charge in [0.05, 0.1) is 12.5 Å². The molecule has 0 radical (unpaired) electrons. The Labute approximate surface area is 125 Å². The second-order valence-electron chi connectivity index (χ2n) is 5.46. The molecule has 3 N–H and O–H groups in total. The summed E-state index contributed by atoms with van der Waals surface area (Å²) in [6.07, 6.45) is 2.19. The van der Waals surface area contributed by atoms with Crippen LogP contribution in [0.4, 0.5) is 0 Å². The Morgan fingerprint density at radius 3 is 2.52 bits per heavy atom. The van der Waals surface area contributed by atoms with Gasteiger partial charge in [0.15, 0.2) is 0 Å². The number of hydrogen-bond acceptors (Lipinski definition) is 3. The van der Waals surface area contributed by atoms with Crippen LogP contribution in [0, 0.1) is 0 Å². The van der Waals surface area contributed by atoms with Crippen molar-refractivity contribution in [2.45, 2.75) is 38.3 Å². The lowest BCUT2D eigenvalue weighted by atomic mass is 10.0. The summed E-state index contributed by atoms with van der Waals surface area (Å²) in [4.78, 5) is 23.5. The van der Waals surface area contributed by atoms with Crippen molar-refractivity contribution < 1.29 is 9.59 Å². The van der Waals surface area contributed by atoms with Gasteiger partial charge < -0.3 is 16.0 Å². The molecule has 1 unspecified atom stereocenters. The Hall–Kier alpha value is -1.88. The van der Waals surface area contributed by atoms with Gasteiger partial charge >= 0.3 is 0 Å². The van der Waals surface area contributed by atoms with Crippen molar-refractivity contribution in [2.24, 2.45) is 0 Å². The van der Waals surface area contributed by atoms with E-state index in [9.17, 15) is 9.59 Å². The molecule has 5 heteroatoms. The Morgan fingerprint density at radius 2 is 1.90 bits per heavy atom. The number of hydrogen-bond donors (Lipinski definition) is 3. The van der Waals surface area contributed by atoms with Gasteiger partial charge in [-0.05, 0) is 31.5 Å². The molecule has 0 bridgehead atoms. The van der Waals surface area contributed by atoms with Gasteiger partial charge in [0.2, 0.25) is 11.8 Å². The van der Waals surface area contributed by atoms with Gasteiger partial charge in [-0.15, -0.1) is 0 Å². The molecular weight excluding hydrogens is 266 g/mol. The highest BCUT2D eigenvalue weighted by atomic mass is 16.2. The smallest absolute Gasteiger partial charge is 0.222 e. The molecule has 2 rings (SSSR count). The zero-order chi connectivity index (χ0) is 15.1. The molecule has 5 nitrogen and oxygen atoms in total. The first-order valence-electron chi connectivity index (χ1n) is 7.47. The lowest BCUT2D eigenvalue weighted by Gasteiger charge is -2.25. The quantitative estimate of drug-likeness (QED) is 0.761. The van der Waals surface area contributed by atoms with Crippen molar-refractivity contribution >= 4 is 11.8 Å². The second-order valence-corrected chi connectivity index (χ2v) is 5.46. The Kier molecular flexibility index (Phi) is 5.75. The maximum Gasteiger partial charge on any atom is 0.222 e. The topological polar surface area (TPSA) is 70.2 Å². The van der Waals surface area contributed by atoms with Gasteiger partial charge in [-0.1, -0.05) is 30.3 Å². The summed E-state index contributed by atoms with van der Waals surface area (Å²) < 4.78 is 0. The molecule has 1 atom stereocenters. The molecule has 2 amide bonds. The molecule has 1 aliphatic rings. The van der Waals surface area contributed by atoms with Gasteiger partial charge in [0.25, 0.3) is 0 Å². The van der Waals surface area contributed by atoms with Crippen LogP contribution in [0.5, 0.6) is 0 Å². The lowest BCUT2D eigenvalue weighted by molar-refractivity contribution is -0.123. The van der Waals surface area contributed by atoms with E-state index >= 15 is 0 Å². The van der Waals surface area contributed by atoms with E-state index in [0.717, 1.165) is 31.5 Å². The number of amides is 2. The maximum atomic E-state index is 12.2. The highest BCUT2D eigenvalue weighted by molar-refractivity contribution is 5.79. The first-order chi connectivity index (χ1) is 10.1. The van der Waals surface area contributed by atoms with Crippen molar-refractivity contribution in [2.75, 3.05) is 13.1 Å². The molecule has 0 spiro atoms. The standard InChI is InChI=1S/C16H23N3O2/c1-12(20)18-15(13-5-3-2-4-6-13)11-16(21)19-14-7-9-17-10-8-14/h2-6,14-15,17H,7-11H2,1H3,(H,18,20)(H,19,21). The fourth-order valence-corrected chi connectivity index (χ4v) is 2.62. The summed E-state index contributed by atoms with van der Waals surface area (Å²) in [6, 6.07) is 9.57. The third kappa shape index (κ3) is 5.19. The van der Waals surface area contributed by atoms with Crippen LogP contribution in [-0.4, -0.2) is 30.9 Å². The predicted octanol–water partition coefficient (Wildman–Crippen LogP) is 1.12. The van der Waals surface area contributed by atoms with E-state index in [1.807, 2.05) is 30.3 Å². The SMILES string of the molecule is CC(=O)NC(CC(=O)NC1CCNCC1)c1ccccc1. The fraction of sp³-hybridized carbons (Fsp3) is 0.500. The summed E-state index contributed by atoms with van der Waals surface area (Å²) in [5.74, 6) is -0.136. The van der Waals surface area contributed by atoms with Gasteiger partial charge in [-0.25, -0.2) is 0 Å². The minimum atomic E-state index is -0.273. The summed E-state index contributed by atoms with van der Waals surface area (Å²) >= 11 is 0. The summed E-state index contributed by atoms with van der Waals surface area (Å²) in [5, 5.41) is 9.19. The molecule has 1 fully saturated rings. The molecule has 1 aromatic rings. The molecule has 1 aromatic carbocycles. The first-order valence-corrected chi connectivity index (χ1v) is 7.47. The van der Waals surface area contributed by atoms with Crippen LogP contribution in [-0.2, 0) is 9.59 Å². The third-order valence-corrected chi connectivity index (χ3v) is 3.67. The molecule has 1 aliphatic heterocycles. The zero-order valence-electron chi connectivity index (χ0n) is 12.4. The minimum Gasteiger partial charge on any atom is -0.353 e. The van der Waals surface area contributed by atoms with E-state index in [4.69, 9.17) is 0 Å². The molecule has 0 aromatic heterocycles. The molecule has 21 heavy (non-hydrogen) atoms. The number of rotatable bonds is 5. The molecule has 114 valence electrons. The van der Waals surface area contributed by atoms with Gasteiger partial charge in [-0.2, -0.15) is 0 Å². The van der Waals surface area contributed by atoms with E-state index in [1.165, 1.54) is 6.92 Å². The number of piperidine rings is 1. The number of carbonyl (C=O) groups is 2. The van der Waals surface area contributed by atoms with Crippen molar-refractivity contribution in [1.82, 2.24) is 16.0 Å². The number of nitrogens with one attached hydrogen (secondary N) is 3. The van der Waals surface area contributed by atoms with Crippen LogP contribution in [0.3, 0.4) is 0 Å². The van der Waals surface area contributed by atoms with E-state index in [0.29, 0.717) is 0 Å². The molecule has 0 saturated carbocycles. The second kappa shape index (κ2) is 7.78. The van der Waals surface area contributed by atoms with Crippen LogP contribution in [0.1, 0.15) is 37.8 Å². The van der Waals surface area contributed by atoms with Crippen LogP contribution < -0.4 is 16.0 Å². The van der Waals surface area contributed by atoms with E-state index in [2.05, 4.69) is 16.0 Å². The van der Waals surface area contributed by atoms with Crippen molar-refractivity contribution in [3.8, 4) is 0 Å². The largest absolute Gasteiger partial charge is 0.353 e. The average Bonchev–Trinajstić information content (AvgIpc) is 2.48. The van der Waals surface area contributed by atoms with E-state index in [1.54, 1.807) is 0 Å². The number of carbonyl (C=O) groups excluding carboxylic acids is 2. The molecule has 1 saturated heterocycles. The Balaban J connectivity index is 1.94. The van der Waals surface area contributed by atoms with E-state index in [-0.39, 0.29) is 30.3 Å². The molecular formula is C16H23N3O2. The Bertz CT molecular complexity index is 470. The van der Waals surface area contributed by atoms with Crippen LogP contribution in [0.25, 0.3) is 0 Å². The molecule has 1 heterocycles. The molecule has 0 aliphatic carbocycles. The van der Waals surface area contributed by atoms with Gasteiger partial charge in [0.1, 0.15) is 0 Å². The van der Waals surface area contributed by atoms with Crippen molar-refractivity contribution in [3.05, 3.63) is 35.9 Å². The van der Waals surface area contributed by atoms with Crippen LogP contribution in [0.2, 0.25) is 0 Å². The minimum absolute atomic E-state index is 0.00972. The predicted molar refractivity (Wildman–Crippen MR) is 81.7 cm³/mol. The number of benzene rings is 1. The van der Waals surface area contributed by atoms with Crippen molar-refractivity contribution in [1.29, 1.82) is 0 Å². The average molecular weight is 289 g/mol. The van der Waals surface area contributed by atoms with Crippen LogP contribution in [0.15, 0.2) is 30.3 Å². The summed E-state index contributed by atoms with van der Waals surface area (Å²) in [6.45, 7) is 3.36. The first kappa shape index (κ1) is 15.5. The van der Waals surface area contributed by atoms with Crippen molar-refractivity contribution in [3.63, 3.8) is 0 Å². The maximum absolute atomic E-state index is 12.2. The Morgan fingerprint density at radius 1 is 1.24 bits per heavy atom. The lowest BCUT2D eigenvalue weighted by Crippen LogP contribution is -2.43. The van der Waals surface area contributed by atoms with E-state index < -0.39 is 0 Å². The normalized spacial score (nSPS) is 17.0. The monoisotopic (exact) mass is 289 g/mol. The highest BCUT2D eigenvalue weighted by Crippen LogP contribution is 2.17. The third-order valence-electron chi connectivity index (χ3n) is 3.67. The van der Waals surface area contributed by atoms with Gasteiger partial charge in [0, 0.05) is 13.0 Å². The van der Waals surface area contributed by atoms with Crippen LogP contribution >= 0.6 is 0 Å². The van der Waals surface area contributed by atoms with Gasteiger partial charge in [-0.3, -0.25) is 9.59 Å². The summed E-state index contributed by atoms with van der Waals surface area (Å²) in [5.41, 5.74) is 0.952. The summed E-state index contributed by atoms with van der Waals surface area (Å²) in [7, 11) is 0. The highest BCUT2D eigenvalue weighted by Gasteiger charge is 2.20. The zero-order valence-corrected chi connectivity index (χ0v) is 12.4.